The summed E-state index contributed by atoms with van der Waals surface area (Å²) in [5.41, 5.74) is 1.74. The Balaban J connectivity index is 0.000000501. The summed E-state index contributed by atoms with van der Waals surface area (Å²) in [6.07, 6.45) is 3.30. The number of hydrogen-bond donors (Lipinski definition) is 2. The maximum Gasteiger partial charge on any atom is 0.414 e. The Bertz CT molecular complexity index is 885. The quantitative estimate of drug-likeness (QED) is 0.671. The molecule has 0 spiro atoms. The van der Waals surface area contributed by atoms with E-state index < -0.39 is 11.9 Å². The summed E-state index contributed by atoms with van der Waals surface area (Å²) in [5, 5.41) is 14.8. The van der Waals surface area contributed by atoms with Gasteiger partial charge in [-0.05, 0) is 18.2 Å². The topological polar surface area (TPSA) is 130 Å². The van der Waals surface area contributed by atoms with Crippen LogP contribution in [0.1, 0.15) is 15.9 Å². The maximum atomic E-state index is 12.5. The number of carboxylic acid groups (broad SMARTS) is 2. The van der Waals surface area contributed by atoms with Crippen molar-refractivity contribution >= 4 is 17.8 Å². The first-order chi connectivity index (χ1) is 14.9. The molecule has 0 radical (unpaired) electrons. The lowest BCUT2D eigenvalue weighted by Crippen LogP contribution is -2.48. The fourth-order valence-electron chi connectivity index (χ4n) is 3.10. The minimum Gasteiger partial charge on any atom is -0.493 e. The van der Waals surface area contributed by atoms with Gasteiger partial charge in [0, 0.05) is 50.7 Å². The number of pyridine rings is 1. The van der Waals surface area contributed by atoms with E-state index in [1.54, 1.807) is 32.7 Å². The minimum absolute atomic E-state index is 0.0479. The van der Waals surface area contributed by atoms with Crippen LogP contribution in [0.15, 0.2) is 42.7 Å². The van der Waals surface area contributed by atoms with Gasteiger partial charge in [0.1, 0.15) is 0 Å². The number of amides is 1. The second-order valence-electron chi connectivity index (χ2n) is 6.57. The standard InChI is InChI=1S/C19H23N3O3.C2H2O4/c1-24-17-7-3-5-16(18(17)25-2)14-21-9-11-22(12-10-21)19(23)15-6-4-8-20-13-15;3-1(4)2(5)6/h3-8,13H,9-12,14H2,1-2H3;(H,3,4)(H,5,6). The Hall–Kier alpha value is -3.66. The zero-order valence-corrected chi connectivity index (χ0v) is 17.4. The van der Waals surface area contributed by atoms with E-state index in [-0.39, 0.29) is 5.91 Å². The largest absolute Gasteiger partial charge is 0.493 e. The molecule has 1 aliphatic heterocycles. The van der Waals surface area contributed by atoms with Crippen LogP contribution in [0.3, 0.4) is 0 Å². The number of ether oxygens (including phenoxy) is 2. The van der Waals surface area contributed by atoms with Crippen molar-refractivity contribution in [3.8, 4) is 11.5 Å². The molecule has 3 rings (SSSR count). The number of piperazine rings is 1. The average molecular weight is 431 g/mol. The number of benzene rings is 1. The molecule has 0 unspecified atom stereocenters. The molecular formula is C21H25N3O7. The van der Waals surface area contributed by atoms with Crippen molar-refractivity contribution in [3.05, 3.63) is 53.9 Å². The number of methoxy groups -OCH3 is 2. The van der Waals surface area contributed by atoms with Gasteiger partial charge in [-0.15, -0.1) is 0 Å². The first kappa shape index (κ1) is 23.6. The van der Waals surface area contributed by atoms with E-state index in [2.05, 4.69) is 16.0 Å². The lowest BCUT2D eigenvalue weighted by atomic mass is 10.1. The monoisotopic (exact) mass is 431 g/mol. The van der Waals surface area contributed by atoms with Crippen molar-refractivity contribution in [3.63, 3.8) is 0 Å². The van der Waals surface area contributed by atoms with Crippen LogP contribution < -0.4 is 9.47 Å². The third-order valence-electron chi connectivity index (χ3n) is 4.63. The highest BCUT2D eigenvalue weighted by atomic mass is 16.5. The molecule has 1 saturated heterocycles. The molecule has 1 aromatic carbocycles. The molecule has 1 aromatic heterocycles. The third-order valence-corrected chi connectivity index (χ3v) is 4.63. The highest BCUT2D eigenvalue weighted by Gasteiger charge is 2.23. The van der Waals surface area contributed by atoms with Crippen molar-refractivity contribution in [1.82, 2.24) is 14.8 Å². The Labute approximate surface area is 179 Å². The number of carbonyl (C=O) groups excluding carboxylic acids is 1. The molecule has 2 aromatic rings. The highest BCUT2D eigenvalue weighted by Crippen LogP contribution is 2.31. The molecule has 1 aliphatic rings. The molecule has 0 atom stereocenters. The van der Waals surface area contributed by atoms with Crippen LogP contribution in [0.5, 0.6) is 11.5 Å². The number of hydrogen-bond acceptors (Lipinski definition) is 7. The molecule has 1 amide bonds. The number of aromatic nitrogens is 1. The van der Waals surface area contributed by atoms with Crippen LogP contribution in [0, 0.1) is 0 Å². The van der Waals surface area contributed by atoms with Gasteiger partial charge in [-0.1, -0.05) is 12.1 Å². The van der Waals surface area contributed by atoms with E-state index in [9.17, 15) is 4.79 Å². The molecule has 31 heavy (non-hydrogen) atoms. The molecule has 0 bridgehead atoms. The first-order valence-electron chi connectivity index (χ1n) is 9.45. The van der Waals surface area contributed by atoms with Crippen molar-refractivity contribution in [1.29, 1.82) is 0 Å². The summed E-state index contributed by atoms with van der Waals surface area (Å²) in [6.45, 7) is 3.84. The summed E-state index contributed by atoms with van der Waals surface area (Å²) in [7, 11) is 3.30. The molecule has 2 heterocycles. The number of aliphatic carboxylic acids is 2. The predicted octanol–water partition coefficient (Wildman–Crippen LogP) is 1.21. The lowest BCUT2D eigenvalue weighted by Gasteiger charge is -2.35. The van der Waals surface area contributed by atoms with Gasteiger partial charge in [0.15, 0.2) is 11.5 Å². The smallest absolute Gasteiger partial charge is 0.414 e. The summed E-state index contributed by atoms with van der Waals surface area (Å²) >= 11 is 0. The van der Waals surface area contributed by atoms with Gasteiger partial charge in [-0.3, -0.25) is 14.7 Å². The number of para-hydroxylation sites is 1. The van der Waals surface area contributed by atoms with Crippen molar-refractivity contribution in [2.75, 3.05) is 40.4 Å². The van der Waals surface area contributed by atoms with Crippen LogP contribution in [-0.4, -0.2) is 83.2 Å². The summed E-state index contributed by atoms with van der Waals surface area (Å²) in [4.78, 5) is 38.9. The van der Waals surface area contributed by atoms with E-state index in [4.69, 9.17) is 29.3 Å². The first-order valence-corrected chi connectivity index (χ1v) is 9.45. The molecule has 0 aliphatic carbocycles. The van der Waals surface area contributed by atoms with Gasteiger partial charge in [0.05, 0.1) is 19.8 Å². The molecule has 1 fully saturated rings. The SMILES string of the molecule is COc1cccc(CN2CCN(C(=O)c3cccnc3)CC2)c1OC.O=C(O)C(=O)O. The maximum absolute atomic E-state index is 12.5. The molecule has 10 heteroatoms. The fourth-order valence-corrected chi connectivity index (χ4v) is 3.10. The van der Waals surface area contributed by atoms with Crippen LogP contribution in [0.2, 0.25) is 0 Å². The summed E-state index contributed by atoms with van der Waals surface area (Å²) in [6, 6.07) is 9.52. The van der Waals surface area contributed by atoms with Crippen molar-refractivity contribution in [2.24, 2.45) is 0 Å². The Kier molecular flexibility index (Phi) is 8.77. The van der Waals surface area contributed by atoms with Gasteiger partial charge in [-0.25, -0.2) is 9.59 Å². The van der Waals surface area contributed by atoms with Crippen LogP contribution >= 0.6 is 0 Å². The van der Waals surface area contributed by atoms with Gasteiger partial charge in [0.2, 0.25) is 0 Å². The Morgan fingerprint density at radius 3 is 2.16 bits per heavy atom. The lowest BCUT2D eigenvalue weighted by molar-refractivity contribution is -0.159. The summed E-state index contributed by atoms with van der Waals surface area (Å²) < 4.78 is 10.9. The molecule has 166 valence electrons. The fraction of sp³-hybridized carbons (Fsp3) is 0.333. The zero-order chi connectivity index (χ0) is 22.8. The summed E-state index contributed by atoms with van der Waals surface area (Å²) in [5.74, 6) is -2.08. The van der Waals surface area contributed by atoms with Crippen LogP contribution in [0.4, 0.5) is 0 Å². The van der Waals surface area contributed by atoms with Gasteiger partial charge < -0.3 is 24.6 Å². The highest BCUT2D eigenvalue weighted by molar-refractivity contribution is 6.27. The molecule has 10 nitrogen and oxygen atoms in total. The zero-order valence-electron chi connectivity index (χ0n) is 17.4. The minimum atomic E-state index is -1.82. The van der Waals surface area contributed by atoms with E-state index in [1.165, 1.54) is 0 Å². The molecule has 0 saturated carbocycles. The molecule has 2 N–H and O–H groups in total. The second-order valence-corrected chi connectivity index (χ2v) is 6.57. The van der Waals surface area contributed by atoms with E-state index in [1.807, 2.05) is 23.1 Å². The predicted molar refractivity (Wildman–Crippen MR) is 110 cm³/mol. The number of rotatable bonds is 5. The Morgan fingerprint density at radius 1 is 0.968 bits per heavy atom. The van der Waals surface area contributed by atoms with Crippen molar-refractivity contribution < 1.29 is 34.1 Å². The van der Waals surface area contributed by atoms with Crippen LogP contribution in [-0.2, 0) is 16.1 Å². The number of carbonyl (C=O) groups is 3. The normalized spacial score (nSPS) is 13.5. The number of carboxylic acids is 2. The number of nitrogens with zero attached hydrogens (tertiary/aromatic N) is 3. The van der Waals surface area contributed by atoms with E-state index in [0.29, 0.717) is 18.7 Å². The van der Waals surface area contributed by atoms with Gasteiger partial charge >= 0.3 is 11.9 Å². The second kappa shape index (κ2) is 11.5. The van der Waals surface area contributed by atoms with E-state index >= 15 is 0 Å². The Morgan fingerprint density at radius 2 is 1.65 bits per heavy atom. The van der Waals surface area contributed by atoms with Crippen LogP contribution in [0.25, 0.3) is 0 Å². The van der Waals surface area contributed by atoms with E-state index in [0.717, 1.165) is 36.7 Å². The van der Waals surface area contributed by atoms with Crippen molar-refractivity contribution in [2.45, 2.75) is 6.54 Å². The third kappa shape index (κ3) is 6.68. The molecular weight excluding hydrogens is 406 g/mol. The van der Waals surface area contributed by atoms with Gasteiger partial charge in [0.25, 0.3) is 5.91 Å². The van der Waals surface area contributed by atoms with Gasteiger partial charge in [-0.2, -0.15) is 0 Å². The average Bonchev–Trinajstić information content (AvgIpc) is 2.79.